The van der Waals surface area contributed by atoms with E-state index in [2.05, 4.69) is 20.8 Å². The molecule has 3 aromatic rings. The second kappa shape index (κ2) is 8.22. The van der Waals surface area contributed by atoms with Gasteiger partial charge in [0.1, 0.15) is 6.33 Å². The maximum absolute atomic E-state index is 12.7. The van der Waals surface area contributed by atoms with Crippen molar-refractivity contribution in [2.75, 3.05) is 18.4 Å². The molecule has 2 amide bonds. The highest BCUT2D eigenvalue weighted by Crippen LogP contribution is 2.22. The van der Waals surface area contributed by atoms with E-state index < -0.39 is 0 Å². The van der Waals surface area contributed by atoms with E-state index in [9.17, 15) is 9.59 Å². The SMILES string of the molecule is Cc1cc(NC(=O)C2CC(=O)N(CCc3ccccc3)C2)ccc1-n1cnnn1. The lowest BCUT2D eigenvalue weighted by Crippen LogP contribution is -2.30. The minimum absolute atomic E-state index is 0.0336. The van der Waals surface area contributed by atoms with Crippen LogP contribution < -0.4 is 5.32 Å². The number of benzene rings is 2. The van der Waals surface area contributed by atoms with Crippen LogP contribution in [0.25, 0.3) is 5.69 Å². The number of likely N-dealkylation sites (tertiary alicyclic amines) is 1. The minimum atomic E-state index is -0.335. The van der Waals surface area contributed by atoms with Gasteiger partial charge in [0.15, 0.2) is 0 Å². The third-order valence-corrected chi connectivity index (χ3v) is 5.16. The zero-order chi connectivity index (χ0) is 20.2. The number of tetrazole rings is 1. The van der Waals surface area contributed by atoms with Crippen LogP contribution in [0.5, 0.6) is 0 Å². The van der Waals surface area contributed by atoms with E-state index in [1.165, 1.54) is 11.9 Å². The lowest BCUT2D eigenvalue weighted by Gasteiger charge is -2.17. The van der Waals surface area contributed by atoms with Gasteiger partial charge in [-0.15, -0.1) is 5.10 Å². The molecule has 8 heteroatoms. The number of aryl methyl sites for hydroxylation is 1. The summed E-state index contributed by atoms with van der Waals surface area (Å²) in [5.41, 5.74) is 3.66. The number of hydrogen-bond acceptors (Lipinski definition) is 5. The van der Waals surface area contributed by atoms with Gasteiger partial charge in [-0.05, 0) is 53.1 Å². The second-order valence-electron chi connectivity index (χ2n) is 7.22. The molecule has 1 aromatic heterocycles. The maximum Gasteiger partial charge on any atom is 0.229 e. The average molecular weight is 390 g/mol. The lowest BCUT2D eigenvalue weighted by atomic mass is 10.1. The van der Waals surface area contributed by atoms with Crippen LogP contribution in [0.1, 0.15) is 17.5 Å². The number of nitrogens with zero attached hydrogens (tertiary/aromatic N) is 5. The number of hydrogen-bond donors (Lipinski definition) is 1. The predicted molar refractivity (Wildman–Crippen MR) is 107 cm³/mol. The molecule has 29 heavy (non-hydrogen) atoms. The van der Waals surface area contributed by atoms with Crippen molar-refractivity contribution >= 4 is 17.5 Å². The largest absolute Gasteiger partial charge is 0.342 e. The van der Waals surface area contributed by atoms with Crippen molar-refractivity contribution in [3.63, 3.8) is 0 Å². The first-order chi connectivity index (χ1) is 14.1. The number of aromatic nitrogens is 4. The molecule has 0 spiro atoms. The Morgan fingerprint density at radius 2 is 2.03 bits per heavy atom. The second-order valence-corrected chi connectivity index (χ2v) is 7.22. The predicted octanol–water partition coefficient (Wildman–Crippen LogP) is 2.00. The third kappa shape index (κ3) is 4.31. The van der Waals surface area contributed by atoms with E-state index in [-0.39, 0.29) is 24.2 Å². The first-order valence-corrected chi connectivity index (χ1v) is 9.57. The molecule has 0 saturated carbocycles. The van der Waals surface area contributed by atoms with Crippen LogP contribution in [0.4, 0.5) is 5.69 Å². The van der Waals surface area contributed by atoms with Crippen molar-refractivity contribution in [1.82, 2.24) is 25.1 Å². The first kappa shape index (κ1) is 18.8. The maximum atomic E-state index is 12.7. The number of carbonyl (C=O) groups is 2. The molecule has 0 aliphatic carbocycles. The molecule has 1 N–H and O–H groups in total. The summed E-state index contributed by atoms with van der Waals surface area (Å²) in [6.07, 6.45) is 2.57. The Bertz CT molecular complexity index is 1000. The van der Waals surface area contributed by atoms with Crippen molar-refractivity contribution < 1.29 is 9.59 Å². The molecular formula is C21H22N6O2. The highest BCUT2D eigenvalue weighted by atomic mass is 16.2. The monoisotopic (exact) mass is 390 g/mol. The van der Waals surface area contributed by atoms with Gasteiger partial charge in [0.05, 0.1) is 11.6 Å². The Morgan fingerprint density at radius 3 is 2.76 bits per heavy atom. The smallest absolute Gasteiger partial charge is 0.229 e. The summed E-state index contributed by atoms with van der Waals surface area (Å²) < 4.78 is 1.57. The van der Waals surface area contributed by atoms with Gasteiger partial charge in [-0.3, -0.25) is 9.59 Å². The summed E-state index contributed by atoms with van der Waals surface area (Å²) in [6, 6.07) is 15.6. The molecular weight excluding hydrogens is 368 g/mol. The van der Waals surface area contributed by atoms with Crippen molar-refractivity contribution in [3.05, 3.63) is 66.0 Å². The molecule has 0 bridgehead atoms. The number of amides is 2. The van der Waals surface area contributed by atoms with Gasteiger partial charge in [-0.2, -0.15) is 0 Å². The van der Waals surface area contributed by atoms with Crippen LogP contribution in [-0.2, 0) is 16.0 Å². The number of nitrogens with one attached hydrogen (secondary N) is 1. The van der Waals surface area contributed by atoms with Crippen LogP contribution in [-0.4, -0.2) is 50.0 Å². The van der Waals surface area contributed by atoms with Crippen molar-refractivity contribution in [2.24, 2.45) is 5.92 Å². The lowest BCUT2D eigenvalue weighted by molar-refractivity contribution is -0.128. The van der Waals surface area contributed by atoms with Crippen molar-refractivity contribution in [3.8, 4) is 5.69 Å². The first-order valence-electron chi connectivity index (χ1n) is 9.57. The molecule has 0 radical (unpaired) electrons. The molecule has 1 aliphatic rings. The molecule has 1 aliphatic heterocycles. The van der Waals surface area contributed by atoms with E-state index in [4.69, 9.17) is 0 Å². The quantitative estimate of drug-likeness (QED) is 0.695. The summed E-state index contributed by atoms with van der Waals surface area (Å²) in [6.45, 7) is 3.02. The summed E-state index contributed by atoms with van der Waals surface area (Å²) >= 11 is 0. The molecule has 1 unspecified atom stereocenters. The molecule has 1 fully saturated rings. The summed E-state index contributed by atoms with van der Waals surface area (Å²) in [4.78, 5) is 26.8. The van der Waals surface area contributed by atoms with Gasteiger partial charge in [0.25, 0.3) is 0 Å². The highest BCUT2D eigenvalue weighted by Gasteiger charge is 2.34. The average Bonchev–Trinajstić information content (AvgIpc) is 3.37. The number of carbonyl (C=O) groups excluding carboxylic acids is 2. The van der Waals surface area contributed by atoms with Gasteiger partial charge in [-0.1, -0.05) is 30.3 Å². The molecule has 8 nitrogen and oxygen atoms in total. The van der Waals surface area contributed by atoms with Crippen LogP contribution >= 0.6 is 0 Å². The topological polar surface area (TPSA) is 93.0 Å². The fourth-order valence-corrected chi connectivity index (χ4v) is 3.58. The number of rotatable bonds is 6. The van der Waals surface area contributed by atoms with Crippen LogP contribution in [0, 0.1) is 12.8 Å². The fourth-order valence-electron chi connectivity index (χ4n) is 3.58. The van der Waals surface area contributed by atoms with Crippen LogP contribution in [0.15, 0.2) is 54.9 Å². The van der Waals surface area contributed by atoms with E-state index in [1.807, 2.05) is 55.5 Å². The van der Waals surface area contributed by atoms with E-state index >= 15 is 0 Å². The summed E-state index contributed by atoms with van der Waals surface area (Å²) in [7, 11) is 0. The zero-order valence-corrected chi connectivity index (χ0v) is 16.2. The van der Waals surface area contributed by atoms with Gasteiger partial charge >= 0.3 is 0 Å². The van der Waals surface area contributed by atoms with Crippen molar-refractivity contribution in [2.45, 2.75) is 19.8 Å². The Morgan fingerprint density at radius 1 is 1.21 bits per heavy atom. The van der Waals surface area contributed by atoms with Gasteiger partial charge in [0, 0.05) is 25.2 Å². The van der Waals surface area contributed by atoms with Crippen molar-refractivity contribution in [1.29, 1.82) is 0 Å². The van der Waals surface area contributed by atoms with E-state index in [0.29, 0.717) is 18.8 Å². The Kier molecular flexibility index (Phi) is 5.33. The Balaban J connectivity index is 1.35. The van der Waals surface area contributed by atoms with Crippen LogP contribution in [0.3, 0.4) is 0 Å². The molecule has 148 valence electrons. The molecule has 1 atom stereocenters. The number of anilines is 1. The summed E-state index contributed by atoms with van der Waals surface area (Å²) in [5, 5.41) is 14.1. The Hall–Kier alpha value is -3.55. The molecule has 4 rings (SSSR count). The molecule has 2 heterocycles. The molecule has 1 saturated heterocycles. The van der Waals surface area contributed by atoms with E-state index in [0.717, 1.165) is 17.7 Å². The standard InChI is InChI=1S/C21H22N6O2/c1-15-11-18(7-8-19(15)27-14-22-24-25-27)23-21(29)17-12-20(28)26(13-17)10-9-16-5-3-2-4-6-16/h2-8,11,14,17H,9-10,12-13H2,1H3,(H,23,29). The normalized spacial score (nSPS) is 16.2. The van der Waals surface area contributed by atoms with Crippen LogP contribution in [0.2, 0.25) is 0 Å². The minimum Gasteiger partial charge on any atom is -0.342 e. The fraction of sp³-hybridized carbons (Fsp3) is 0.286. The molecule has 2 aromatic carbocycles. The third-order valence-electron chi connectivity index (χ3n) is 5.16. The van der Waals surface area contributed by atoms with Gasteiger partial charge in [-0.25, -0.2) is 4.68 Å². The van der Waals surface area contributed by atoms with Gasteiger partial charge in [0.2, 0.25) is 11.8 Å². The summed E-state index contributed by atoms with van der Waals surface area (Å²) in [5.74, 6) is -0.431. The highest BCUT2D eigenvalue weighted by molar-refractivity contribution is 5.97. The van der Waals surface area contributed by atoms with Gasteiger partial charge < -0.3 is 10.2 Å². The zero-order valence-electron chi connectivity index (χ0n) is 16.2. The Labute approximate surface area is 168 Å². The van der Waals surface area contributed by atoms with E-state index in [1.54, 1.807) is 9.58 Å².